The van der Waals surface area contributed by atoms with Gasteiger partial charge in [-0.15, -0.1) is 0 Å². The molecular weight excluding hydrogens is 417 g/mol. The number of amides is 2. The summed E-state index contributed by atoms with van der Waals surface area (Å²) in [5, 5.41) is 14.6. The van der Waals surface area contributed by atoms with Gasteiger partial charge in [0, 0.05) is 40.8 Å². The maximum Gasteiger partial charge on any atom is 0.273 e. The normalized spacial score (nSPS) is 11.6. The Morgan fingerprint density at radius 1 is 1.14 bits per heavy atom. The molecule has 0 heterocycles. The number of hydrogen-bond acceptors (Lipinski definition) is 4. The van der Waals surface area contributed by atoms with E-state index in [1.807, 2.05) is 0 Å². The first-order valence-corrected chi connectivity index (χ1v) is 9.71. The van der Waals surface area contributed by atoms with Crippen molar-refractivity contribution in [2.75, 3.05) is 7.05 Å². The molecule has 0 aliphatic rings. The largest absolute Gasteiger partial charge is 0.357 e. The molecule has 29 heavy (non-hydrogen) atoms. The van der Waals surface area contributed by atoms with E-state index in [4.69, 9.17) is 23.2 Å². The highest BCUT2D eigenvalue weighted by atomic mass is 35.5. The van der Waals surface area contributed by atoms with Crippen LogP contribution < -0.4 is 5.32 Å². The van der Waals surface area contributed by atoms with Gasteiger partial charge >= 0.3 is 0 Å². The monoisotopic (exact) mass is 437 g/mol. The number of hydrogen-bond donors (Lipinski definition) is 1. The minimum absolute atomic E-state index is 0.00387. The van der Waals surface area contributed by atoms with Crippen molar-refractivity contribution in [3.63, 3.8) is 0 Å². The molecule has 2 amide bonds. The van der Waals surface area contributed by atoms with E-state index in [-0.39, 0.29) is 30.1 Å². The summed E-state index contributed by atoms with van der Waals surface area (Å²) in [5.74, 6) is -0.780. The van der Waals surface area contributed by atoms with Crippen molar-refractivity contribution < 1.29 is 14.5 Å². The van der Waals surface area contributed by atoms with Crippen molar-refractivity contribution in [3.05, 3.63) is 73.8 Å². The maximum atomic E-state index is 13.2. The van der Waals surface area contributed by atoms with Gasteiger partial charge in [0.15, 0.2) is 0 Å². The van der Waals surface area contributed by atoms with Gasteiger partial charge in [-0.3, -0.25) is 19.7 Å². The molecule has 0 unspecified atom stereocenters. The Morgan fingerprint density at radius 2 is 1.76 bits per heavy atom. The first-order valence-electron chi connectivity index (χ1n) is 8.96. The third-order valence-corrected chi connectivity index (χ3v) is 5.26. The number of nitrogens with one attached hydrogen (secondary N) is 1. The van der Waals surface area contributed by atoms with Crippen LogP contribution >= 0.6 is 23.2 Å². The fourth-order valence-electron chi connectivity index (χ4n) is 3.04. The third kappa shape index (κ3) is 5.46. The number of benzene rings is 2. The molecule has 154 valence electrons. The minimum Gasteiger partial charge on any atom is -0.357 e. The third-order valence-electron chi connectivity index (χ3n) is 4.55. The molecule has 9 heteroatoms. The predicted octanol–water partition coefficient (Wildman–Crippen LogP) is 4.00. The molecule has 0 aliphatic carbocycles. The standard InChI is InChI=1S/C20H21Cl2N3O4/c1-3-17(20(27)23-2)24(12-14-15(21)8-6-9-16(14)22)19(26)11-13-7-4-5-10-18(13)25(28)29/h4-10,17H,3,11-12H2,1-2H3,(H,23,27)/t17-/m0/s1. The summed E-state index contributed by atoms with van der Waals surface area (Å²) in [4.78, 5) is 37.7. The molecular formula is C20H21Cl2N3O4. The van der Waals surface area contributed by atoms with Crippen LogP contribution in [0.5, 0.6) is 0 Å². The van der Waals surface area contributed by atoms with E-state index in [0.717, 1.165) is 0 Å². The first-order chi connectivity index (χ1) is 13.8. The van der Waals surface area contributed by atoms with Crippen LogP contribution in [0.4, 0.5) is 5.69 Å². The van der Waals surface area contributed by atoms with Crippen molar-refractivity contribution in [2.24, 2.45) is 0 Å². The Morgan fingerprint density at radius 3 is 2.31 bits per heavy atom. The molecule has 0 saturated heterocycles. The van der Waals surface area contributed by atoms with Crippen molar-refractivity contribution in [1.29, 1.82) is 0 Å². The second-order valence-corrected chi connectivity index (χ2v) is 7.14. The lowest BCUT2D eigenvalue weighted by Gasteiger charge is -2.31. The quantitative estimate of drug-likeness (QED) is 0.498. The van der Waals surface area contributed by atoms with Crippen molar-refractivity contribution in [3.8, 4) is 0 Å². The van der Waals surface area contributed by atoms with Crippen LogP contribution in [-0.4, -0.2) is 34.7 Å². The molecule has 0 aromatic heterocycles. The van der Waals surface area contributed by atoms with E-state index in [9.17, 15) is 19.7 Å². The highest BCUT2D eigenvalue weighted by Gasteiger charge is 2.30. The lowest BCUT2D eigenvalue weighted by atomic mass is 10.1. The molecule has 7 nitrogen and oxygen atoms in total. The topological polar surface area (TPSA) is 92.6 Å². The zero-order valence-corrected chi connectivity index (χ0v) is 17.5. The van der Waals surface area contributed by atoms with Gasteiger partial charge in [0.25, 0.3) is 5.69 Å². The van der Waals surface area contributed by atoms with E-state index in [2.05, 4.69) is 5.32 Å². The average molecular weight is 438 g/mol. The summed E-state index contributed by atoms with van der Waals surface area (Å²) in [6.45, 7) is 1.78. The van der Waals surface area contributed by atoms with Gasteiger partial charge in [0.1, 0.15) is 6.04 Å². The Hall–Kier alpha value is -2.64. The lowest BCUT2D eigenvalue weighted by Crippen LogP contribution is -2.48. The van der Waals surface area contributed by atoms with Gasteiger partial charge in [0.2, 0.25) is 11.8 Å². The zero-order chi connectivity index (χ0) is 21.6. The van der Waals surface area contributed by atoms with Crippen LogP contribution in [-0.2, 0) is 22.6 Å². The molecule has 1 atom stereocenters. The molecule has 0 fully saturated rings. The molecule has 0 spiro atoms. The smallest absolute Gasteiger partial charge is 0.273 e. The highest BCUT2D eigenvalue weighted by Crippen LogP contribution is 2.28. The number of carbonyl (C=O) groups is 2. The summed E-state index contributed by atoms with van der Waals surface area (Å²) < 4.78 is 0. The van der Waals surface area contributed by atoms with Gasteiger partial charge in [-0.2, -0.15) is 0 Å². The van der Waals surface area contributed by atoms with Gasteiger partial charge in [-0.25, -0.2) is 0 Å². The molecule has 1 N–H and O–H groups in total. The highest BCUT2D eigenvalue weighted by molar-refractivity contribution is 6.36. The van der Waals surface area contributed by atoms with Crippen molar-refractivity contribution >= 4 is 40.7 Å². The number of rotatable bonds is 8. The fraction of sp³-hybridized carbons (Fsp3) is 0.300. The molecule has 2 aromatic carbocycles. The van der Waals surface area contributed by atoms with Gasteiger partial charge in [-0.05, 0) is 18.6 Å². The number of carbonyl (C=O) groups excluding carboxylic acids is 2. The molecule has 2 rings (SSSR count). The van der Waals surface area contributed by atoms with E-state index in [0.29, 0.717) is 22.0 Å². The van der Waals surface area contributed by atoms with Crippen LogP contribution in [0.2, 0.25) is 10.0 Å². The summed E-state index contributed by atoms with van der Waals surface area (Å²) in [6.07, 6.45) is 0.122. The van der Waals surface area contributed by atoms with Crippen LogP contribution in [0.25, 0.3) is 0 Å². The van der Waals surface area contributed by atoms with Gasteiger partial charge in [-0.1, -0.05) is 54.4 Å². The van der Waals surface area contributed by atoms with E-state index in [1.165, 1.54) is 30.1 Å². The summed E-state index contributed by atoms with van der Waals surface area (Å²) >= 11 is 12.5. The summed E-state index contributed by atoms with van der Waals surface area (Å²) in [7, 11) is 1.48. The molecule has 0 saturated carbocycles. The number of nitro groups is 1. The second-order valence-electron chi connectivity index (χ2n) is 6.32. The Labute approximate surface area is 178 Å². The number of likely N-dealkylation sites (N-methyl/N-ethyl adjacent to an activating group) is 1. The van der Waals surface area contributed by atoms with Crippen LogP contribution in [0.3, 0.4) is 0 Å². The van der Waals surface area contributed by atoms with E-state index in [1.54, 1.807) is 31.2 Å². The van der Waals surface area contributed by atoms with Gasteiger partial charge < -0.3 is 10.2 Å². The Bertz CT molecular complexity index is 900. The SMILES string of the molecule is CC[C@@H](C(=O)NC)N(Cc1c(Cl)cccc1Cl)C(=O)Cc1ccccc1[N+](=O)[O-]. The van der Waals surface area contributed by atoms with Crippen molar-refractivity contribution in [1.82, 2.24) is 10.2 Å². The zero-order valence-electron chi connectivity index (χ0n) is 16.0. The molecule has 2 aromatic rings. The first kappa shape index (κ1) is 22.6. The number of nitro benzene ring substituents is 1. The van der Waals surface area contributed by atoms with E-state index < -0.39 is 16.9 Å². The van der Waals surface area contributed by atoms with Crippen LogP contribution in [0.1, 0.15) is 24.5 Å². The van der Waals surface area contributed by atoms with Gasteiger partial charge in [0.05, 0.1) is 11.3 Å². The summed E-state index contributed by atoms with van der Waals surface area (Å²) in [6, 6.07) is 10.2. The predicted molar refractivity (Wildman–Crippen MR) is 112 cm³/mol. The fourth-order valence-corrected chi connectivity index (χ4v) is 3.56. The molecule has 0 radical (unpaired) electrons. The van der Waals surface area contributed by atoms with Crippen molar-refractivity contribution in [2.45, 2.75) is 32.4 Å². The molecule has 0 bridgehead atoms. The van der Waals surface area contributed by atoms with E-state index >= 15 is 0 Å². The number of para-hydroxylation sites is 1. The Kier molecular flexibility index (Phi) is 7.99. The van der Waals surface area contributed by atoms with Crippen LogP contribution in [0.15, 0.2) is 42.5 Å². The number of halogens is 2. The van der Waals surface area contributed by atoms with Crippen LogP contribution in [0, 0.1) is 10.1 Å². The Balaban J connectivity index is 2.43. The lowest BCUT2D eigenvalue weighted by molar-refractivity contribution is -0.385. The second kappa shape index (κ2) is 10.2. The number of nitrogens with zero attached hydrogens (tertiary/aromatic N) is 2. The molecule has 0 aliphatic heterocycles. The average Bonchev–Trinajstić information content (AvgIpc) is 2.69. The minimum atomic E-state index is -0.775. The maximum absolute atomic E-state index is 13.2. The summed E-state index contributed by atoms with van der Waals surface area (Å²) in [5.41, 5.74) is 0.628.